The molecule has 0 aromatic heterocycles. The van der Waals surface area contributed by atoms with Gasteiger partial charge in [0.2, 0.25) is 0 Å². The molecule has 0 aliphatic rings. The van der Waals surface area contributed by atoms with Crippen LogP contribution in [0.3, 0.4) is 0 Å². The van der Waals surface area contributed by atoms with E-state index in [0.717, 1.165) is 141 Å². The number of phosphoric acid groups is 2. The van der Waals surface area contributed by atoms with Gasteiger partial charge in [-0.1, -0.05) is 275 Å². The minimum absolute atomic E-state index is 0.00204. The average Bonchev–Trinajstić information content (AvgIpc) is 0.994. The summed E-state index contributed by atoms with van der Waals surface area (Å²) in [5.41, 5.74) is 0. The molecule has 0 bridgehead atoms. The summed E-state index contributed by atoms with van der Waals surface area (Å²) in [4.78, 5) is 72.8. The molecule has 0 aliphatic carbocycles. The smallest absolute Gasteiger partial charge is 0.462 e. The van der Waals surface area contributed by atoms with Crippen molar-refractivity contribution in [1.29, 1.82) is 0 Å². The van der Waals surface area contributed by atoms with Gasteiger partial charge in [0, 0.05) is 25.7 Å². The Morgan fingerprint density at radius 2 is 0.520 bits per heavy atom. The molecule has 0 rings (SSSR count). The second-order valence-electron chi connectivity index (χ2n) is 24.8. The Labute approximate surface area is 616 Å². The first-order chi connectivity index (χ1) is 49.7. The summed E-state index contributed by atoms with van der Waals surface area (Å²) in [5, 5.41) is 10.6. The third kappa shape index (κ3) is 72.8. The van der Waals surface area contributed by atoms with Crippen LogP contribution in [0.4, 0.5) is 0 Å². The van der Waals surface area contributed by atoms with E-state index in [-0.39, 0.29) is 25.7 Å². The topological polar surface area (TPSA) is 237 Å². The van der Waals surface area contributed by atoms with Gasteiger partial charge in [-0.15, -0.1) is 0 Å². The molecule has 0 saturated carbocycles. The molecule has 17 nitrogen and oxygen atoms in total. The third-order valence-electron chi connectivity index (χ3n) is 15.2. The van der Waals surface area contributed by atoms with Crippen molar-refractivity contribution in [2.45, 2.75) is 290 Å². The SMILES string of the molecule is CC/C=C\C/C=C\C/C=C\C/C=C\C/C=C\CCCC(=O)OCC(COP(=O)(O)OCC(O)COP(=O)(O)OCC(COC(=O)CCCCCC/C=C\C/C=C\C/C=C\C/C=C\CC)OC(=O)CCCCCCCCCCCCC)OC(=O)CCC/C=C\C/C=C\C/C=C\C/C=C\C/C=C\CC. The first-order valence-electron chi connectivity index (χ1n) is 38.4. The monoisotopic (exact) mass is 1460 g/mol. The number of carbonyl (C=O) groups excluding carboxylic acids is 4. The molecule has 0 spiro atoms. The van der Waals surface area contributed by atoms with Gasteiger partial charge in [-0.3, -0.25) is 37.3 Å². The van der Waals surface area contributed by atoms with Gasteiger partial charge in [0.25, 0.3) is 0 Å². The van der Waals surface area contributed by atoms with Crippen molar-refractivity contribution in [3.63, 3.8) is 0 Å². The van der Waals surface area contributed by atoms with Crippen LogP contribution in [0, 0.1) is 0 Å². The second kappa shape index (κ2) is 73.7. The van der Waals surface area contributed by atoms with E-state index in [1.54, 1.807) is 0 Å². The maximum Gasteiger partial charge on any atom is 0.472 e. The molecule has 0 radical (unpaired) electrons. The number of allylic oxidation sites excluding steroid dienone is 28. The molecule has 578 valence electrons. The lowest BCUT2D eigenvalue weighted by molar-refractivity contribution is -0.161. The van der Waals surface area contributed by atoms with Gasteiger partial charge in [-0.05, 0) is 141 Å². The lowest BCUT2D eigenvalue weighted by Crippen LogP contribution is -2.30. The average molecular weight is 1470 g/mol. The first kappa shape index (κ1) is 96.4. The number of hydrogen-bond acceptors (Lipinski definition) is 15. The summed E-state index contributed by atoms with van der Waals surface area (Å²) < 4.78 is 68.3. The molecular formula is C83H134O17P2. The van der Waals surface area contributed by atoms with Crippen molar-refractivity contribution in [2.24, 2.45) is 0 Å². The molecule has 0 saturated heterocycles. The van der Waals surface area contributed by atoms with Crippen LogP contribution >= 0.6 is 15.6 Å². The molecule has 0 aliphatic heterocycles. The Bertz CT molecular complexity index is 2600. The Balaban J connectivity index is 5.47. The van der Waals surface area contributed by atoms with E-state index in [1.807, 2.05) is 24.3 Å². The summed E-state index contributed by atoms with van der Waals surface area (Å²) in [5.74, 6) is -2.35. The van der Waals surface area contributed by atoms with Gasteiger partial charge in [0.1, 0.15) is 19.3 Å². The summed E-state index contributed by atoms with van der Waals surface area (Å²) in [6.07, 6.45) is 86.5. The highest BCUT2D eigenvalue weighted by atomic mass is 31.2. The normalized spacial score (nSPS) is 14.9. The number of aliphatic hydroxyl groups excluding tert-OH is 1. The lowest BCUT2D eigenvalue weighted by Gasteiger charge is -2.21. The van der Waals surface area contributed by atoms with Gasteiger partial charge < -0.3 is 33.8 Å². The molecule has 0 heterocycles. The van der Waals surface area contributed by atoms with Crippen LogP contribution in [-0.4, -0.2) is 96.7 Å². The molecule has 0 amide bonds. The molecule has 5 unspecified atom stereocenters. The van der Waals surface area contributed by atoms with Crippen LogP contribution in [-0.2, 0) is 65.4 Å². The zero-order valence-corrected chi connectivity index (χ0v) is 64.8. The highest BCUT2D eigenvalue weighted by Crippen LogP contribution is 2.45. The van der Waals surface area contributed by atoms with Crippen molar-refractivity contribution >= 4 is 39.5 Å². The van der Waals surface area contributed by atoms with Gasteiger partial charge >= 0.3 is 39.5 Å². The number of phosphoric ester groups is 2. The highest BCUT2D eigenvalue weighted by Gasteiger charge is 2.30. The quantitative estimate of drug-likeness (QED) is 0.0169. The number of ether oxygens (including phenoxy) is 4. The predicted molar refractivity (Wildman–Crippen MR) is 417 cm³/mol. The number of esters is 4. The molecule has 5 atom stereocenters. The maximum absolute atomic E-state index is 13.1. The van der Waals surface area contributed by atoms with E-state index >= 15 is 0 Å². The van der Waals surface area contributed by atoms with Crippen LogP contribution in [0.2, 0.25) is 0 Å². The number of aliphatic hydroxyl groups is 1. The number of hydrogen-bond donors (Lipinski definition) is 3. The van der Waals surface area contributed by atoms with Crippen molar-refractivity contribution in [2.75, 3.05) is 39.6 Å². The standard InChI is InChI=1S/C83H134O17P2/c1-5-9-13-17-21-25-29-32-35-38-41-44-48-51-55-59-63-67-80(85)93-73-78(99-82(87)69-65-61-57-53-47-28-24-20-16-12-8-4)75-97-101(89,90)95-71-77(84)72-96-102(91,92)98-76-79(100-83(88)70-66-62-58-54-50-46-43-40-37-34-31-27-23-19-15-11-7-3)74-94-81(86)68-64-60-56-52-49-45-42-39-36-33-30-26-22-18-14-10-6-2/h9-11,13-15,21-23,25-27,32-37,41-46,52,54,56,58,77-79,84H,5-8,12,16-20,24,28-31,38-40,47-51,53,55,57,59-76H2,1-4H3,(H,89,90)(H,91,92)/b13-9-,14-10-,15-11-,25-21-,26-22-,27-23-,35-32-,36-33-,37-34-,44-41-,45-42-,46-43-,56-52-,58-54-. The number of carbonyl (C=O) groups is 4. The summed E-state index contributed by atoms with van der Waals surface area (Å²) in [7, 11) is -10.0. The van der Waals surface area contributed by atoms with Crippen LogP contribution in [0.25, 0.3) is 0 Å². The number of rotatable bonds is 70. The second-order valence-corrected chi connectivity index (χ2v) is 27.7. The van der Waals surface area contributed by atoms with Crippen molar-refractivity contribution in [3.8, 4) is 0 Å². The Kier molecular flexibility index (Phi) is 69.7. The largest absolute Gasteiger partial charge is 0.472 e. The summed E-state index contributed by atoms with van der Waals surface area (Å²) >= 11 is 0. The minimum Gasteiger partial charge on any atom is -0.462 e. The van der Waals surface area contributed by atoms with E-state index in [2.05, 4.69) is 174 Å². The molecule has 0 aromatic rings. The number of unbranched alkanes of at least 4 members (excludes halogenated alkanes) is 16. The molecule has 3 N–H and O–H groups in total. The van der Waals surface area contributed by atoms with Crippen LogP contribution < -0.4 is 0 Å². The fraction of sp³-hybridized carbons (Fsp3) is 0.614. The zero-order valence-electron chi connectivity index (χ0n) is 63.0. The maximum atomic E-state index is 13.1. The fourth-order valence-corrected chi connectivity index (χ4v) is 11.0. The Morgan fingerprint density at radius 3 is 0.833 bits per heavy atom. The van der Waals surface area contributed by atoms with E-state index in [9.17, 15) is 43.2 Å². The van der Waals surface area contributed by atoms with E-state index in [4.69, 9.17) is 37.0 Å². The minimum atomic E-state index is -5.01. The highest BCUT2D eigenvalue weighted by molar-refractivity contribution is 7.47. The van der Waals surface area contributed by atoms with Gasteiger partial charge in [-0.2, -0.15) is 0 Å². The lowest BCUT2D eigenvalue weighted by atomic mass is 10.1. The van der Waals surface area contributed by atoms with Gasteiger partial charge in [0.15, 0.2) is 12.2 Å². The van der Waals surface area contributed by atoms with Crippen molar-refractivity contribution in [3.05, 3.63) is 170 Å². The van der Waals surface area contributed by atoms with Crippen LogP contribution in [0.1, 0.15) is 272 Å². The van der Waals surface area contributed by atoms with E-state index in [0.29, 0.717) is 38.5 Å². The van der Waals surface area contributed by atoms with E-state index < -0.39 is 97.5 Å². The van der Waals surface area contributed by atoms with Gasteiger partial charge in [-0.25, -0.2) is 9.13 Å². The molecule has 102 heavy (non-hydrogen) atoms. The van der Waals surface area contributed by atoms with Crippen LogP contribution in [0.15, 0.2) is 170 Å². The van der Waals surface area contributed by atoms with Crippen LogP contribution in [0.5, 0.6) is 0 Å². The molecule has 19 heteroatoms. The molecular weight excluding hydrogens is 1330 g/mol. The molecule has 0 aromatic carbocycles. The Morgan fingerprint density at radius 1 is 0.284 bits per heavy atom. The predicted octanol–water partition coefficient (Wildman–Crippen LogP) is 22.2. The third-order valence-corrected chi connectivity index (χ3v) is 17.1. The van der Waals surface area contributed by atoms with Crippen molar-refractivity contribution in [1.82, 2.24) is 0 Å². The summed E-state index contributed by atoms with van der Waals surface area (Å²) in [6.45, 7) is 4.34. The van der Waals surface area contributed by atoms with Crippen molar-refractivity contribution < 1.29 is 80.2 Å². The summed E-state index contributed by atoms with van der Waals surface area (Å²) in [6, 6.07) is 0. The van der Waals surface area contributed by atoms with E-state index in [1.165, 1.54) is 38.5 Å². The van der Waals surface area contributed by atoms with Gasteiger partial charge in [0.05, 0.1) is 26.4 Å². The fourth-order valence-electron chi connectivity index (χ4n) is 9.46. The molecule has 0 fully saturated rings. The zero-order chi connectivity index (χ0) is 74.6. The first-order valence-corrected chi connectivity index (χ1v) is 41.4. The Hall–Kier alpha value is -5.58.